The summed E-state index contributed by atoms with van der Waals surface area (Å²) < 4.78 is 8.76. The number of para-hydroxylation sites is 1. The summed E-state index contributed by atoms with van der Waals surface area (Å²) in [5.41, 5.74) is 1.92. The molecule has 0 aliphatic heterocycles. The fourth-order valence-corrected chi connectivity index (χ4v) is 2.91. The molecule has 3 aromatic rings. The highest BCUT2D eigenvalue weighted by Gasteiger charge is 2.18. The third-order valence-corrected chi connectivity index (χ3v) is 4.45. The quantitative estimate of drug-likeness (QED) is 0.643. The van der Waals surface area contributed by atoms with Crippen LogP contribution in [0.3, 0.4) is 0 Å². The molecule has 1 N–H and O–H groups in total. The van der Waals surface area contributed by atoms with Gasteiger partial charge in [-0.15, -0.1) is 10.2 Å². The average Bonchev–Trinajstić information content (AvgIpc) is 3.38. The Morgan fingerprint density at radius 1 is 1.32 bits per heavy atom. The smallest absolute Gasteiger partial charge is 0.318 e. The number of rotatable bonds is 8. The van der Waals surface area contributed by atoms with Crippen molar-refractivity contribution in [2.75, 3.05) is 20.8 Å². The Balaban J connectivity index is 1.66. The SMILES string of the molecule is COCCn1cnnc1CN(C)C(=O)N[C@@H](C)c1ccccc1-n1cccn1. The second-order valence-corrected chi connectivity index (χ2v) is 6.47. The second-order valence-electron chi connectivity index (χ2n) is 6.47. The zero-order valence-corrected chi connectivity index (χ0v) is 16.3. The van der Waals surface area contributed by atoms with E-state index in [2.05, 4.69) is 20.6 Å². The van der Waals surface area contributed by atoms with Gasteiger partial charge in [-0.25, -0.2) is 9.48 Å². The fourth-order valence-electron chi connectivity index (χ4n) is 2.91. The van der Waals surface area contributed by atoms with Crippen molar-refractivity contribution >= 4 is 6.03 Å². The lowest BCUT2D eigenvalue weighted by Crippen LogP contribution is -2.39. The Labute approximate surface area is 163 Å². The first-order valence-corrected chi connectivity index (χ1v) is 9.06. The normalized spacial score (nSPS) is 12.0. The molecule has 148 valence electrons. The number of nitrogens with one attached hydrogen (secondary N) is 1. The predicted molar refractivity (Wildman–Crippen MR) is 104 cm³/mol. The minimum absolute atomic E-state index is 0.191. The number of aromatic nitrogens is 5. The van der Waals surface area contributed by atoms with Gasteiger partial charge in [0, 0.05) is 33.1 Å². The molecule has 0 spiro atoms. The summed E-state index contributed by atoms with van der Waals surface area (Å²) in [7, 11) is 3.38. The van der Waals surface area contributed by atoms with Crippen molar-refractivity contribution in [1.82, 2.24) is 34.8 Å². The Hall–Kier alpha value is -3.20. The molecule has 0 aliphatic carbocycles. The maximum Gasteiger partial charge on any atom is 0.318 e. The van der Waals surface area contributed by atoms with Crippen LogP contribution in [0.5, 0.6) is 0 Å². The number of methoxy groups -OCH3 is 1. The number of amides is 2. The molecule has 0 saturated carbocycles. The molecule has 2 aromatic heterocycles. The van der Waals surface area contributed by atoms with Crippen molar-refractivity contribution in [1.29, 1.82) is 0 Å². The van der Waals surface area contributed by atoms with Crippen LogP contribution in [-0.2, 0) is 17.8 Å². The molecule has 2 heterocycles. The zero-order chi connectivity index (χ0) is 19.9. The second kappa shape index (κ2) is 9.14. The molecule has 0 saturated heterocycles. The lowest BCUT2D eigenvalue weighted by atomic mass is 10.1. The standard InChI is InChI=1S/C19H25N7O2/c1-15(16-7-4-5-8-17(16)26-10-6-9-21-26)22-19(27)24(2)13-18-23-20-14-25(18)11-12-28-3/h4-10,14-15H,11-13H2,1-3H3,(H,22,27)/t15-/m0/s1. The molecule has 9 nitrogen and oxygen atoms in total. The molecular formula is C19H25N7O2. The summed E-state index contributed by atoms with van der Waals surface area (Å²) in [5, 5.41) is 15.4. The van der Waals surface area contributed by atoms with Gasteiger partial charge in [-0.1, -0.05) is 18.2 Å². The predicted octanol–water partition coefficient (Wildman–Crippen LogP) is 2.01. The Morgan fingerprint density at radius 3 is 2.89 bits per heavy atom. The van der Waals surface area contributed by atoms with Crippen molar-refractivity contribution < 1.29 is 9.53 Å². The summed E-state index contributed by atoms with van der Waals surface area (Å²) in [6.45, 7) is 3.50. The Morgan fingerprint density at radius 2 is 2.14 bits per heavy atom. The Bertz CT molecular complexity index is 891. The summed E-state index contributed by atoms with van der Waals surface area (Å²) >= 11 is 0. The van der Waals surface area contributed by atoms with Crippen LogP contribution in [0.1, 0.15) is 24.4 Å². The summed E-state index contributed by atoms with van der Waals surface area (Å²) in [5.74, 6) is 0.708. The summed E-state index contributed by atoms with van der Waals surface area (Å²) in [6.07, 6.45) is 5.25. The maximum absolute atomic E-state index is 12.7. The van der Waals surface area contributed by atoms with E-state index < -0.39 is 0 Å². The molecule has 1 aromatic carbocycles. The van der Waals surface area contributed by atoms with Crippen molar-refractivity contribution in [2.24, 2.45) is 0 Å². The van der Waals surface area contributed by atoms with Crippen LogP contribution in [0.2, 0.25) is 0 Å². The third kappa shape index (κ3) is 4.55. The average molecular weight is 383 g/mol. The van der Waals surface area contributed by atoms with E-state index in [1.54, 1.807) is 36.3 Å². The number of carbonyl (C=O) groups excluding carboxylic acids is 1. The van der Waals surface area contributed by atoms with Crippen LogP contribution in [0.25, 0.3) is 5.69 Å². The van der Waals surface area contributed by atoms with Gasteiger partial charge >= 0.3 is 6.03 Å². The molecule has 0 radical (unpaired) electrons. The lowest BCUT2D eigenvalue weighted by molar-refractivity contribution is 0.183. The summed E-state index contributed by atoms with van der Waals surface area (Å²) in [4.78, 5) is 14.3. The van der Waals surface area contributed by atoms with Gasteiger partial charge in [-0.3, -0.25) is 0 Å². The highest BCUT2D eigenvalue weighted by molar-refractivity contribution is 5.74. The molecule has 2 amide bonds. The Kier molecular flexibility index (Phi) is 6.38. The van der Waals surface area contributed by atoms with E-state index >= 15 is 0 Å². The van der Waals surface area contributed by atoms with Crippen LogP contribution in [0.15, 0.2) is 49.1 Å². The van der Waals surface area contributed by atoms with E-state index in [9.17, 15) is 4.79 Å². The van der Waals surface area contributed by atoms with E-state index in [1.165, 1.54) is 0 Å². The van der Waals surface area contributed by atoms with E-state index in [0.717, 1.165) is 11.3 Å². The topological polar surface area (TPSA) is 90.1 Å². The number of hydrogen-bond acceptors (Lipinski definition) is 5. The monoisotopic (exact) mass is 383 g/mol. The van der Waals surface area contributed by atoms with Crippen molar-refractivity contribution in [3.05, 3.63) is 60.4 Å². The molecule has 28 heavy (non-hydrogen) atoms. The van der Waals surface area contributed by atoms with Gasteiger partial charge in [0.1, 0.15) is 6.33 Å². The minimum atomic E-state index is -0.193. The van der Waals surface area contributed by atoms with Crippen molar-refractivity contribution in [3.8, 4) is 5.69 Å². The molecule has 0 fully saturated rings. The minimum Gasteiger partial charge on any atom is -0.383 e. The third-order valence-electron chi connectivity index (χ3n) is 4.45. The number of ether oxygens (including phenoxy) is 1. The molecular weight excluding hydrogens is 358 g/mol. The first-order valence-electron chi connectivity index (χ1n) is 9.06. The first-order chi connectivity index (χ1) is 13.6. The van der Waals surface area contributed by atoms with Gasteiger partial charge in [0.15, 0.2) is 5.82 Å². The largest absolute Gasteiger partial charge is 0.383 e. The molecule has 0 aliphatic rings. The van der Waals surface area contributed by atoms with Gasteiger partial charge < -0.3 is 19.5 Å². The van der Waals surface area contributed by atoms with E-state index in [0.29, 0.717) is 25.5 Å². The van der Waals surface area contributed by atoms with Crippen LogP contribution in [0.4, 0.5) is 4.79 Å². The summed E-state index contributed by atoms with van der Waals surface area (Å²) in [6, 6.07) is 9.36. The van der Waals surface area contributed by atoms with Gasteiger partial charge in [-0.2, -0.15) is 5.10 Å². The van der Waals surface area contributed by atoms with Crippen LogP contribution in [0, 0.1) is 0 Å². The van der Waals surface area contributed by atoms with Gasteiger partial charge in [0.25, 0.3) is 0 Å². The van der Waals surface area contributed by atoms with Gasteiger partial charge in [0.2, 0.25) is 0 Å². The van der Waals surface area contributed by atoms with Crippen LogP contribution >= 0.6 is 0 Å². The fraction of sp³-hybridized carbons (Fsp3) is 0.368. The number of benzene rings is 1. The molecule has 0 unspecified atom stereocenters. The number of nitrogens with zero attached hydrogens (tertiary/aromatic N) is 6. The van der Waals surface area contributed by atoms with E-state index in [1.807, 2.05) is 48.0 Å². The van der Waals surface area contributed by atoms with Gasteiger partial charge in [0.05, 0.1) is 24.9 Å². The molecule has 0 bridgehead atoms. The van der Waals surface area contributed by atoms with Crippen LogP contribution < -0.4 is 5.32 Å². The molecule has 9 heteroatoms. The lowest BCUT2D eigenvalue weighted by Gasteiger charge is -2.23. The maximum atomic E-state index is 12.7. The first kappa shape index (κ1) is 19.6. The number of hydrogen-bond donors (Lipinski definition) is 1. The van der Waals surface area contributed by atoms with Gasteiger partial charge in [-0.05, 0) is 24.6 Å². The highest BCUT2D eigenvalue weighted by atomic mass is 16.5. The van der Waals surface area contributed by atoms with E-state index in [4.69, 9.17) is 4.74 Å². The van der Waals surface area contributed by atoms with Crippen molar-refractivity contribution in [3.63, 3.8) is 0 Å². The molecule has 1 atom stereocenters. The molecule has 3 rings (SSSR count). The van der Waals surface area contributed by atoms with Crippen LogP contribution in [-0.4, -0.2) is 56.2 Å². The van der Waals surface area contributed by atoms with E-state index in [-0.39, 0.29) is 12.1 Å². The number of urea groups is 1. The zero-order valence-electron chi connectivity index (χ0n) is 16.3. The number of carbonyl (C=O) groups is 1. The van der Waals surface area contributed by atoms with Crippen molar-refractivity contribution in [2.45, 2.75) is 26.1 Å². The highest BCUT2D eigenvalue weighted by Crippen LogP contribution is 2.21.